The standard InChI is InChI=1S/C21H27Si.2ClH.Hf/c1-6-21(3)19(16-12-8-9-13-16)17-14-10-7-11-15(2)18(17)20(21)22(4)5;;;/h7-12,14-15H,6,13H2,1-5H3;2*1H;/q;;;+2/p-2. The summed E-state index contributed by atoms with van der Waals surface area (Å²) in [5.41, 5.74) is 4.54. The van der Waals surface area contributed by atoms with Crippen molar-refractivity contribution in [1.29, 1.82) is 0 Å². The predicted molar refractivity (Wildman–Crippen MR) is 112 cm³/mol. The van der Waals surface area contributed by atoms with Gasteiger partial charge in [0.2, 0.25) is 0 Å². The average Bonchev–Trinajstić information content (AvgIpc) is 3.10. The predicted octanol–water partition coefficient (Wildman–Crippen LogP) is 6.95. The first kappa shape index (κ1) is 20.0. The van der Waals surface area contributed by atoms with Crippen LogP contribution in [0, 0.1) is 11.3 Å². The zero-order valence-electron chi connectivity index (χ0n) is 15.8. The molecule has 0 aliphatic heterocycles. The van der Waals surface area contributed by atoms with Gasteiger partial charge in [0.15, 0.2) is 0 Å². The van der Waals surface area contributed by atoms with Crippen molar-refractivity contribution in [2.45, 2.75) is 49.9 Å². The molecule has 0 aromatic heterocycles. The molecule has 0 N–H and O–H groups in total. The molecule has 0 nitrogen and oxygen atoms in total. The summed E-state index contributed by atoms with van der Waals surface area (Å²) in [6.07, 6.45) is 17.9. The van der Waals surface area contributed by atoms with Gasteiger partial charge in [-0.25, -0.2) is 0 Å². The van der Waals surface area contributed by atoms with Crippen molar-refractivity contribution < 1.29 is 19.1 Å². The van der Waals surface area contributed by atoms with Gasteiger partial charge in [0, 0.05) is 0 Å². The second kappa shape index (κ2) is 7.34. The summed E-state index contributed by atoms with van der Waals surface area (Å²) in [7, 11) is 13.6. The van der Waals surface area contributed by atoms with E-state index in [2.05, 4.69) is 76.4 Å². The van der Waals surface area contributed by atoms with Gasteiger partial charge in [-0.1, -0.05) is 0 Å². The molecule has 3 atom stereocenters. The first-order chi connectivity index (χ1) is 11.8. The number of hydrogen-bond donors (Lipinski definition) is 0. The molecule has 3 aliphatic rings. The van der Waals surface area contributed by atoms with E-state index in [0.717, 1.165) is 12.8 Å². The first-order valence-electron chi connectivity index (χ1n) is 9.14. The number of halogens is 2. The number of hydrogen-bond acceptors (Lipinski definition) is 0. The molecule has 0 amide bonds. The van der Waals surface area contributed by atoms with E-state index in [4.69, 9.17) is 17.2 Å². The van der Waals surface area contributed by atoms with Crippen LogP contribution in [0.4, 0.5) is 0 Å². The summed E-state index contributed by atoms with van der Waals surface area (Å²) in [6, 6.07) is 0. The molecule has 0 heterocycles. The summed E-state index contributed by atoms with van der Waals surface area (Å²) in [6.45, 7) is 12.0. The molecule has 0 saturated carbocycles. The van der Waals surface area contributed by atoms with Gasteiger partial charge in [0.25, 0.3) is 0 Å². The van der Waals surface area contributed by atoms with Gasteiger partial charge in [0.1, 0.15) is 0 Å². The second-order valence-corrected chi connectivity index (χ2v) is 22.6. The Labute approximate surface area is 169 Å². The summed E-state index contributed by atoms with van der Waals surface area (Å²) >= 11 is -2.94. The molecule has 133 valence electrons. The fraction of sp³-hybridized carbons (Fsp3) is 0.476. The van der Waals surface area contributed by atoms with Gasteiger partial charge in [-0.3, -0.25) is 0 Å². The van der Waals surface area contributed by atoms with Gasteiger partial charge in [-0.15, -0.1) is 0 Å². The van der Waals surface area contributed by atoms with Gasteiger partial charge < -0.3 is 0 Å². The maximum atomic E-state index is 7.09. The van der Waals surface area contributed by atoms with E-state index >= 15 is 0 Å². The normalized spacial score (nSPS) is 33.6. The molecular weight excluding hydrogens is 530 g/mol. The van der Waals surface area contributed by atoms with Crippen LogP contribution in [0.1, 0.15) is 33.6 Å². The second-order valence-electron chi connectivity index (χ2n) is 7.76. The van der Waals surface area contributed by atoms with Gasteiger partial charge in [-0.05, 0) is 0 Å². The van der Waals surface area contributed by atoms with Crippen LogP contribution in [0.3, 0.4) is 0 Å². The Morgan fingerprint density at radius 3 is 2.48 bits per heavy atom. The van der Waals surface area contributed by atoms with Crippen LogP contribution in [-0.2, 0) is 19.1 Å². The summed E-state index contributed by atoms with van der Waals surface area (Å²) in [5, 5.41) is 1.69. The van der Waals surface area contributed by atoms with E-state index in [1.54, 1.807) is 10.7 Å². The van der Waals surface area contributed by atoms with E-state index in [9.17, 15) is 0 Å². The van der Waals surface area contributed by atoms with Crippen molar-refractivity contribution in [1.82, 2.24) is 0 Å². The van der Waals surface area contributed by atoms with E-state index in [-0.39, 0.29) is 8.59 Å². The van der Waals surface area contributed by atoms with E-state index in [1.807, 2.05) is 0 Å². The molecule has 3 aliphatic carbocycles. The Kier molecular flexibility index (Phi) is 5.86. The van der Waals surface area contributed by atoms with Crippen molar-refractivity contribution >= 4 is 30.7 Å². The topological polar surface area (TPSA) is 0 Å². The summed E-state index contributed by atoms with van der Waals surface area (Å²) in [5.74, 6) is 0.432. The molecule has 3 rings (SSSR count). The number of rotatable bonds is 3. The zero-order valence-corrected chi connectivity index (χ0v) is 21.9. The molecule has 0 radical (unpaired) electrons. The van der Waals surface area contributed by atoms with Crippen LogP contribution < -0.4 is 0 Å². The van der Waals surface area contributed by atoms with Gasteiger partial charge in [0.05, 0.1) is 0 Å². The van der Waals surface area contributed by atoms with Crippen LogP contribution in [0.2, 0.25) is 16.3 Å². The molecule has 4 heteroatoms. The van der Waals surface area contributed by atoms with Crippen LogP contribution in [-0.4, -0.2) is 13.6 Å². The molecule has 0 spiro atoms. The first-order valence-corrected chi connectivity index (χ1v) is 22.3. The van der Waals surface area contributed by atoms with Crippen LogP contribution in [0.15, 0.2) is 59.3 Å². The monoisotopic (exact) mass is 557 g/mol. The summed E-state index contributed by atoms with van der Waals surface area (Å²) < 4.78 is -0.123. The number of allylic oxidation sites excluding steroid dienone is 10. The molecule has 0 aromatic carbocycles. The Morgan fingerprint density at radius 2 is 1.96 bits per heavy atom. The quantitative estimate of drug-likeness (QED) is 0.330. The van der Waals surface area contributed by atoms with Crippen LogP contribution in [0.25, 0.3) is 0 Å². The van der Waals surface area contributed by atoms with Gasteiger partial charge >= 0.3 is 170 Å². The zero-order chi connectivity index (χ0) is 18.4. The van der Waals surface area contributed by atoms with Crippen molar-refractivity contribution in [2.24, 2.45) is 11.3 Å². The Morgan fingerprint density at radius 1 is 1.24 bits per heavy atom. The molecule has 3 unspecified atom stereocenters. The Balaban J connectivity index is 2.44. The Bertz CT molecular complexity index is 765. The molecular formula is C21H27Cl2HfSi. The van der Waals surface area contributed by atoms with Crippen molar-refractivity contribution in [3.05, 3.63) is 59.3 Å². The molecule has 0 bridgehead atoms. The fourth-order valence-electron chi connectivity index (χ4n) is 5.23. The van der Waals surface area contributed by atoms with Crippen molar-refractivity contribution in [2.75, 3.05) is 0 Å². The summed E-state index contributed by atoms with van der Waals surface area (Å²) in [4.78, 5) is 0. The van der Waals surface area contributed by atoms with E-state index < -0.39 is 27.5 Å². The van der Waals surface area contributed by atoms with Crippen LogP contribution in [0.5, 0.6) is 0 Å². The third kappa shape index (κ3) is 2.73. The van der Waals surface area contributed by atoms with Gasteiger partial charge in [-0.2, -0.15) is 0 Å². The van der Waals surface area contributed by atoms with Crippen LogP contribution >= 0.6 is 17.2 Å². The van der Waals surface area contributed by atoms with Crippen molar-refractivity contribution in [3.8, 4) is 0 Å². The Hall–Kier alpha value is 0.237. The molecule has 25 heavy (non-hydrogen) atoms. The minimum absolute atomic E-state index is 0.0582. The fourth-order valence-corrected chi connectivity index (χ4v) is 20.8. The maximum absolute atomic E-state index is 7.09. The minimum atomic E-state index is -2.94. The van der Waals surface area contributed by atoms with E-state index in [0.29, 0.717) is 5.92 Å². The third-order valence-corrected chi connectivity index (χ3v) is 18.9. The van der Waals surface area contributed by atoms with E-state index in [1.165, 1.54) is 11.1 Å². The molecule has 0 saturated heterocycles. The molecule has 0 fully saturated rings. The SMILES string of the molecule is CCC1(C)C(=[Si](C)C)C2=C(C=CC=CC2C)[C]1(C1=CC=CC1)[Hf]([Cl])[Cl]. The molecule has 0 aromatic rings. The van der Waals surface area contributed by atoms with Crippen molar-refractivity contribution in [3.63, 3.8) is 0 Å². The average molecular weight is 557 g/mol. The third-order valence-electron chi connectivity index (χ3n) is 6.32.